The topological polar surface area (TPSA) is 74.6 Å². The second kappa shape index (κ2) is 7.89. The van der Waals surface area contributed by atoms with Gasteiger partial charge in [0.15, 0.2) is 5.92 Å². The summed E-state index contributed by atoms with van der Waals surface area (Å²) in [4.78, 5) is 22.4. The van der Waals surface area contributed by atoms with Gasteiger partial charge in [0.2, 0.25) is 0 Å². The molecule has 0 aromatic rings. The van der Waals surface area contributed by atoms with Crippen LogP contribution in [0.1, 0.15) is 97.3 Å². The van der Waals surface area contributed by atoms with Crippen LogP contribution in [0, 0.1) is 46.3 Å². The van der Waals surface area contributed by atoms with Crippen molar-refractivity contribution < 1.29 is 19.8 Å². The van der Waals surface area contributed by atoms with Crippen LogP contribution in [-0.4, -0.2) is 22.2 Å². The minimum absolute atomic E-state index is 0.272. The Morgan fingerprint density at radius 2 is 1.59 bits per heavy atom. The van der Waals surface area contributed by atoms with Crippen LogP contribution in [0.15, 0.2) is 0 Å². The highest BCUT2D eigenvalue weighted by Crippen LogP contribution is 2.67. The molecule has 29 heavy (non-hydrogen) atoms. The zero-order chi connectivity index (χ0) is 20.8. The smallest absolute Gasteiger partial charge is 0.317 e. The first-order valence-corrected chi connectivity index (χ1v) is 12.2. The highest BCUT2D eigenvalue weighted by Gasteiger charge is 2.59. The van der Waals surface area contributed by atoms with Crippen molar-refractivity contribution in [2.75, 3.05) is 0 Å². The first-order valence-electron chi connectivity index (χ1n) is 12.2. The van der Waals surface area contributed by atoms with Crippen molar-refractivity contribution >= 4 is 11.9 Å². The second-order valence-electron chi connectivity index (χ2n) is 11.4. The molecule has 0 aliphatic heterocycles. The minimum atomic E-state index is -1.24. The van der Waals surface area contributed by atoms with E-state index in [2.05, 4.69) is 13.8 Å². The predicted molar refractivity (Wildman–Crippen MR) is 112 cm³/mol. The van der Waals surface area contributed by atoms with Gasteiger partial charge in [0.25, 0.3) is 0 Å². The van der Waals surface area contributed by atoms with E-state index in [1.165, 1.54) is 64.2 Å². The van der Waals surface area contributed by atoms with E-state index in [1.807, 2.05) is 0 Å². The van der Waals surface area contributed by atoms with Crippen LogP contribution in [0.5, 0.6) is 0 Å². The lowest BCUT2D eigenvalue weighted by Gasteiger charge is -2.60. The van der Waals surface area contributed by atoms with Crippen LogP contribution < -0.4 is 0 Å². The van der Waals surface area contributed by atoms with Crippen molar-refractivity contribution in [1.82, 2.24) is 0 Å². The number of hydrogen-bond acceptors (Lipinski definition) is 2. The van der Waals surface area contributed by atoms with Gasteiger partial charge >= 0.3 is 11.9 Å². The van der Waals surface area contributed by atoms with E-state index in [4.69, 9.17) is 10.2 Å². The molecule has 0 bridgehead atoms. The number of carboxylic acid groups (broad SMARTS) is 2. The van der Waals surface area contributed by atoms with Crippen molar-refractivity contribution in [3.05, 3.63) is 0 Å². The van der Waals surface area contributed by atoms with Gasteiger partial charge < -0.3 is 10.2 Å². The lowest BCUT2D eigenvalue weighted by Crippen LogP contribution is -2.52. The molecule has 0 saturated heterocycles. The summed E-state index contributed by atoms with van der Waals surface area (Å²) >= 11 is 0. The Morgan fingerprint density at radius 3 is 2.31 bits per heavy atom. The molecule has 0 radical (unpaired) electrons. The Labute approximate surface area is 175 Å². The molecule has 4 aliphatic rings. The van der Waals surface area contributed by atoms with Gasteiger partial charge in [-0.2, -0.15) is 0 Å². The fourth-order valence-electron chi connectivity index (χ4n) is 8.80. The predicted octanol–water partition coefficient (Wildman–Crippen LogP) is 5.99. The number of hydrogen-bond donors (Lipinski definition) is 2. The Hall–Kier alpha value is -1.06. The molecular weight excluding hydrogens is 364 g/mol. The van der Waals surface area contributed by atoms with E-state index in [0.717, 1.165) is 36.5 Å². The Morgan fingerprint density at radius 1 is 0.862 bits per heavy atom. The average molecular weight is 405 g/mol. The van der Waals surface area contributed by atoms with Gasteiger partial charge in [-0.3, -0.25) is 9.59 Å². The van der Waals surface area contributed by atoms with Crippen molar-refractivity contribution in [3.63, 3.8) is 0 Å². The van der Waals surface area contributed by atoms with Gasteiger partial charge in [-0.05, 0) is 105 Å². The summed E-state index contributed by atoms with van der Waals surface area (Å²) < 4.78 is 0. The van der Waals surface area contributed by atoms with Crippen LogP contribution in [0.3, 0.4) is 0 Å². The number of carbonyl (C=O) groups is 2. The fourth-order valence-corrected chi connectivity index (χ4v) is 8.80. The van der Waals surface area contributed by atoms with E-state index in [9.17, 15) is 9.59 Å². The molecule has 0 spiro atoms. The molecule has 0 amide bonds. The van der Waals surface area contributed by atoms with E-state index in [1.54, 1.807) is 0 Å². The molecule has 3 unspecified atom stereocenters. The van der Waals surface area contributed by atoms with E-state index in [-0.39, 0.29) is 6.42 Å². The number of carboxylic acids is 2. The molecular formula is C25H40O4. The molecule has 0 aromatic carbocycles. The fraction of sp³-hybridized carbons (Fsp3) is 0.920. The summed E-state index contributed by atoms with van der Waals surface area (Å²) in [6, 6.07) is 0. The minimum Gasteiger partial charge on any atom is -0.481 e. The van der Waals surface area contributed by atoms with Gasteiger partial charge in [0.05, 0.1) is 0 Å². The summed E-state index contributed by atoms with van der Waals surface area (Å²) in [5.74, 6) is 0.636. The maximum Gasteiger partial charge on any atom is 0.317 e. The summed E-state index contributed by atoms with van der Waals surface area (Å²) in [6.07, 6.45) is 15.9. The van der Waals surface area contributed by atoms with Crippen molar-refractivity contribution in [2.24, 2.45) is 46.3 Å². The first kappa shape index (κ1) is 21.2. The molecule has 0 heterocycles. The number of aliphatic carboxylic acids is 2. The van der Waals surface area contributed by atoms with Crippen LogP contribution in [0.25, 0.3) is 0 Å². The summed E-state index contributed by atoms with van der Waals surface area (Å²) in [5.41, 5.74) is 0.970. The molecule has 4 aliphatic carbocycles. The van der Waals surface area contributed by atoms with Crippen LogP contribution >= 0.6 is 0 Å². The molecule has 4 rings (SSSR count). The molecule has 4 heteroatoms. The maximum atomic E-state index is 11.2. The van der Waals surface area contributed by atoms with Gasteiger partial charge in [0, 0.05) is 0 Å². The highest BCUT2D eigenvalue weighted by molar-refractivity contribution is 5.92. The average Bonchev–Trinajstić information content (AvgIpc) is 3.00. The summed E-state index contributed by atoms with van der Waals surface area (Å²) in [5, 5.41) is 18.3. The van der Waals surface area contributed by atoms with Crippen LogP contribution in [0.2, 0.25) is 0 Å². The summed E-state index contributed by atoms with van der Waals surface area (Å²) in [7, 11) is 0. The zero-order valence-corrected chi connectivity index (χ0v) is 18.4. The Balaban J connectivity index is 1.41. The third-order valence-corrected chi connectivity index (χ3v) is 10.4. The van der Waals surface area contributed by atoms with Gasteiger partial charge in [-0.1, -0.05) is 33.1 Å². The van der Waals surface area contributed by atoms with Crippen LogP contribution in [-0.2, 0) is 9.59 Å². The quantitative estimate of drug-likeness (QED) is 0.533. The van der Waals surface area contributed by atoms with E-state index < -0.39 is 17.9 Å². The van der Waals surface area contributed by atoms with E-state index >= 15 is 0 Å². The molecule has 4 saturated carbocycles. The lowest BCUT2D eigenvalue weighted by atomic mass is 9.45. The standard InChI is InChI=1S/C25H40O4/c1-24-14-4-3-6-16(24)9-11-18-20-12-10-17(25(20,2)15-13-21(18)24)7-5-8-19(22(26)27)23(28)29/h16-21H,3-15H2,1-2H3,(H,26,27)(H,28,29)/t16-,17?,18-,20?,21?,24-,25+/m0/s1. The number of rotatable bonds is 6. The third kappa shape index (κ3) is 3.53. The maximum absolute atomic E-state index is 11.2. The Bertz CT molecular complexity index is 631. The van der Waals surface area contributed by atoms with Crippen molar-refractivity contribution in [1.29, 1.82) is 0 Å². The normalized spacial score (nSPS) is 44.0. The molecule has 4 fully saturated rings. The first-order chi connectivity index (χ1) is 13.8. The Kier molecular flexibility index (Phi) is 5.76. The van der Waals surface area contributed by atoms with Crippen molar-refractivity contribution in [2.45, 2.75) is 97.3 Å². The largest absolute Gasteiger partial charge is 0.481 e. The molecule has 0 aromatic heterocycles. The van der Waals surface area contributed by atoms with E-state index in [0.29, 0.717) is 16.7 Å². The third-order valence-electron chi connectivity index (χ3n) is 10.4. The SMILES string of the molecule is C[C@]12CCC3[C@@H](CC[C@@H]4CCCC[C@]34C)C1CCC2CCCC(C(=O)O)C(=O)O. The molecule has 2 N–H and O–H groups in total. The van der Waals surface area contributed by atoms with Crippen molar-refractivity contribution in [3.8, 4) is 0 Å². The monoisotopic (exact) mass is 404 g/mol. The second-order valence-corrected chi connectivity index (χ2v) is 11.4. The van der Waals surface area contributed by atoms with Gasteiger partial charge in [-0.15, -0.1) is 0 Å². The van der Waals surface area contributed by atoms with Gasteiger partial charge in [0.1, 0.15) is 0 Å². The van der Waals surface area contributed by atoms with Gasteiger partial charge in [-0.25, -0.2) is 0 Å². The zero-order valence-electron chi connectivity index (χ0n) is 18.4. The summed E-state index contributed by atoms with van der Waals surface area (Å²) in [6.45, 7) is 5.15. The van der Waals surface area contributed by atoms with Crippen LogP contribution in [0.4, 0.5) is 0 Å². The molecule has 7 atom stereocenters. The lowest BCUT2D eigenvalue weighted by molar-refractivity contribution is -0.154. The highest BCUT2D eigenvalue weighted by atomic mass is 16.4. The molecule has 4 nitrogen and oxygen atoms in total. The molecule has 164 valence electrons. The number of fused-ring (bicyclic) bond motifs is 5.